The fraction of sp³-hybridized carbons (Fsp3) is 0.421. The molecule has 1 saturated heterocycles. The van der Waals surface area contributed by atoms with Crippen LogP contribution in [0.2, 0.25) is 0 Å². The molecule has 0 bridgehead atoms. The van der Waals surface area contributed by atoms with Crippen LogP contribution in [-0.2, 0) is 0 Å². The highest BCUT2D eigenvalue weighted by atomic mass is 16.5. The van der Waals surface area contributed by atoms with Crippen LogP contribution in [0.25, 0.3) is 0 Å². The maximum Gasteiger partial charge on any atom is 0.274 e. The van der Waals surface area contributed by atoms with Crippen molar-refractivity contribution in [2.45, 2.75) is 18.9 Å². The molecule has 0 radical (unpaired) electrons. The normalized spacial score (nSPS) is 17.1. The first-order chi connectivity index (χ1) is 12.7. The molecule has 1 N–H and O–H groups in total. The van der Waals surface area contributed by atoms with E-state index in [9.17, 15) is 4.79 Å². The van der Waals surface area contributed by atoms with Crippen molar-refractivity contribution >= 4 is 17.4 Å². The SMILES string of the molecule is COc1ccc(N2CCN(C(=O)c3ccc(NC4CC4)nn3)CC2)cc1. The average molecular weight is 353 g/mol. The predicted molar refractivity (Wildman–Crippen MR) is 99.8 cm³/mol. The number of carbonyl (C=O) groups is 1. The summed E-state index contributed by atoms with van der Waals surface area (Å²) in [5.74, 6) is 1.54. The van der Waals surface area contributed by atoms with Crippen LogP contribution in [0.4, 0.5) is 11.5 Å². The van der Waals surface area contributed by atoms with E-state index in [2.05, 4.69) is 20.4 Å². The second-order valence-electron chi connectivity index (χ2n) is 6.70. The zero-order valence-corrected chi connectivity index (χ0v) is 14.9. The first kappa shape index (κ1) is 16.6. The van der Waals surface area contributed by atoms with Gasteiger partial charge in [0.05, 0.1) is 7.11 Å². The van der Waals surface area contributed by atoms with Gasteiger partial charge < -0.3 is 19.9 Å². The molecule has 1 aromatic heterocycles. The minimum atomic E-state index is -0.0511. The molecule has 1 aliphatic carbocycles. The molecule has 1 amide bonds. The van der Waals surface area contributed by atoms with Gasteiger partial charge in [-0.25, -0.2) is 0 Å². The molecule has 0 unspecified atom stereocenters. The topological polar surface area (TPSA) is 70.6 Å². The molecule has 7 heteroatoms. The number of methoxy groups -OCH3 is 1. The largest absolute Gasteiger partial charge is 0.497 e. The van der Waals surface area contributed by atoms with E-state index in [0.717, 1.165) is 30.3 Å². The second-order valence-corrected chi connectivity index (χ2v) is 6.70. The highest BCUT2D eigenvalue weighted by Gasteiger charge is 2.24. The molecular weight excluding hydrogens is 330 g/mol. The summed E-state index contributed by atoms with van der Waals surface area (Å²) < 4.78 is 5.20. The summed E-state index contributed by atoms with van der Waals surface area (Å²) in [7, 11) is 1.66. The van der Waals surface area contributed by atoms with E-state index < -0.39 is 0 Å². The summed E-state index contributed by atoms with van der Waals surface area (Å²) in [6, 6.07) is 12.1. The van der Waals surface area contributed by atoms with Gasteiger partial charge in [0.25, 0.3) is 5.91 Å². The van der Waals surface area contributed by atoms with Gasteiger partial charge in [0.15, 0.2) is 5.69 Å². The van der Waals surface area contributed by atoms with Gasteiger partial charge in [-0.2, -0.15) is 0 Å². The van der Waals surface area contributed by atoms with Crippen molar-refractivity contribution in [1.82, 2.24) is 15.1 Å². The Morgan fingerprint density at radius 1 is 1.04 bits per heavy atom. The smallest absolute Gasteiger partial charge is 0.274 e. The lowest BCUT2D eigenvalue weighted by molar-refractivity contribution is 0.0739. The number of nitrogens with one attached hydrogen (secondary N) is 1. The number of nitrogens with zero attached hydrogens (tertiary/aromatic N) is 4. The Morgan fingerprint density at radius 2 is 1.77 bits per heavy atom. The van der Waals surface area contributed by atoms with Crippen LogP contribution in [0.5, 0.6) is 5.75 Å². The van der Waals surface area contributed by atoms with E-state index in [1.165, 1.54) is 12.8 Å². The van der Waals surface area contributed by atoms with Crippen LogP contribution in [0.3, 0.4) is 0 Å². The van der Waals surface area contributed by atoms with Crippen LogP contribution in [-0.4, -0.2) is 60.3 Å². The molecule has 2 heterocycles. The van der Waals surface area contributed by atoms with Crippen LogP contribution < -0.4 is 15.0 Å². The van der Waals surface area contributed by atoms with E-state index in [1.54, 1.807) is 13.2 Å². The Morgan fingerprint density at radius 3 is 2.35 bits per heavy atom. The Balaban J connectivity index is 1.33. The fourth-order valence-corrected chi connectivity index (χ4v) is 3.08. The van der Waals surface area contributed by atoms with E-state index in [1.807, 2.05) is 35.2 Å². The van der Waals surface area contributed by atoms with Crippen LogP contribution in [0.15, 0.2) is 36.4 Å². The van der Waals surface area contributed by atoms with Gasteiger partial charge in [-0.3, -0.25) is 4.79 Å². The number of anilines is 2. The van der Waals surface area contributed by atoms with Crippen LogP contribution in [0, 0.1) is 0 Å². The highest BCUT2D eigenvalue weighted by Crippen LogP contribution is 2.23. The Bertz CT molecular complexity index is 751. The number of amides is 1. The van der Waals surface area contributed by atoms with Gasteiger partial charge in [0, 0.05) is 37.9 Å². The molecule has 1 saturated carbocycles. The van der Waals surface area contributed by atoms with E-state index in [4.69, 9.17) is 4.74 Å². The van der Waals surface area contributed by atoms with Crippen LogP contribution in [0.1, 0.15) is 23.3 Å². The number of hydrogen-bond acceptors (Lipinski definition) is 6. The highest BCUT2D eigenvalue weighted by molar-refractivity contribution is 5.92. The molecule has 1 aromatic carbocycles. The van der Waals surface area contributed by atoms with Gasteiger partial charge >= 0.3 is 0 Å². The molecule has 0 spiro atoms. The average Bonchev–Trinajstić information content (AvgIpc) is 3.52. The van der Waals surface area contributed by atoms with Crippen molar-refractivity contribution in [1.29, 1.82) is 0 Å². The number of hydrogen-bond donors (Lipinski definition) is 1. The summed E-state index contributed by atoms with van der Waals surface area (Å²) >= 11 is 0. The summed E-state index contributed by atoms with van der Waals surface area (Å²) in [5, 5.41) is 11.5. The van der Waals surface area contributed by atoms with E-state index >= 15 is 0 Å². The third kappa shape index (κ3) is 3.71. The van der Waals surface area contributed by atoms with E-state index in [0.29, 0.717) is 24.8 Å². The molecule has 7 nitrogen and oxygen atoms in total. The van der Waals surface area contributed by atoms with Gasteiger partial charge in [-0.15, -0.1) is 10.2 Å². The number of benzene rings is 1. The Kier molecular flexibility index (Phi) is 4.60. The lowest BCUT2D eigenvalue weighted by Gasteiger charge is -2.36. The lowest BCUT2D eigenvalue weighted by Crippen LogP contribution is -2.49. The van der Waals surface area contributed by atoms with Gasteiger partial charge in [-0.05, 0) is 49.2 Å². The zero-order valence-electron chi connectivity index (χ0n) is 14.9. The van der Waals surface area contributed by atoms with Crippen molar-refractivity contribution in [3.63, 3.8) is 0 Å². The quantitative estimate of drug-likeness (QED) is 0.887. The summed E-state index contributed by atoms with van der Waals surface area (Å²) in [4.78, 5) is 16.8. The number of aromatic nitrogens is 2. The molecular formula is C19H23N5O2. The second kappa shape index (κ2) is 7.19. The number of carbonyl (C=O) groups excluding carboxylic acids is 1. The number of piperazine rings is 1. The van der Waals surface area contributed by atoms with Gasteiger partial charge in [0.1, 0.15) is 11.6 Å². The molecule has 26 heavy (non-hydrogen) atoms. The molecule has 4 rings (SSSR count). The van der Waals surface area contributed by atoms with Crippen LogP contribution >= 0.6 is 0 Å². The van der Waals surface area contributed by atoms with Gasteiger partial charge in [-0.1, -0.05) is 0 Å². The molecule has 2 fully saturated rings. The van der Waals surface area contributed by atoms with Crippen molar-refractivity contribution in [2.75, 3.05) is 43.5 Å². The molecule has 1 aliphatic heterocycles. The Labute approximate surface area is 153 Å². The Hall–Kier alpha value is -2.83. The van der Waals surface area contributed by atoms with Crippen molar-refractivity contribution in [3.05, 3.63) is 42.1 Å². The molecule has 136 valence electrons. The number of ether oxygens (including phenoxy) is 1. The first-order valence-electron chi connectivity index (χ1n) is 9.01. The minimum absolute atomic E-state index is 0.0511. The van der Waals surface area contributed by atoms with Gasteiger partial charge in [0.2, 0.25) is 0 Å². The third-order valence-electron chi connectivity index (χ3n) is 4.82. The summed E-state index contributed by atoms with van der Waals surface area (Å²) in [6.45, 7) is 2.95. The van der Waals surface area contributed by atoms with Crippen molar-refractivity contribution in [3.8, 4) is 5.75 Å². The maximum atomic E-state index is 12.6. The van der Waals surface area contributed by atoms with Crippen molar-refractivity contribution < 1.29 is 9.53 Å². The molecule has 0 atom stereocenters. The summed E-state index contributed by atoms with van der Waals surface area (Å²) in [5.41, 5.74) is 1.55. The maximum absolute atomic E-state index is 12.6. The lowest BCUT2D eigenvalue weighted by atomic mass is 10.2. The fourth-order valence-electron chi connectivity index (χ4n) is 3.08. The summed E-state index contributed by atoms with van der Waals surface area (Å²) in [6.07, 6.45) is 2.36. The van der Waals surface area contributed by atoms with Crippen molar-refractivity contribution in [2.24, 2.45) is 0 Å². The third-order valence-corrected chi connectivity index (χ3v) is 4.82. The minimum Gasteiger partial charge on any atom is -0.497 e. The first-order valence-corrected chi connectivity index (χ1v) is 9.01. The molecule has 2 aliphatic rings. The monoisotopic (exact) mass is 353 g/mol. The molecule has 2 aromatic rings. The van der Waals surface area contributed by atoms with E-state index in [-0.39, 0.29) is 5.91 Å². The number of rotatable bonds is 5. The predicted octanol–water partition coefficient (Wildman–Crippen LogP) is 2.02. The zero-order chi connectivity index (χ0) is 17.9. The standard InChI is InChI=1S/C19H23N5O2/c1-26-16-6-4-15(5-7-16)23-10-12-24(13-11-23)19(25)17-8-9-18(22-21-17)20-14-2-3-14/h4-9,14H,2-3,10-13H2,1H3,(H,20,22).